The molecule has 19 heteroatoms. The summed E-state index contributed by atoms with van der Waals surface area (Å²) in [7, 11) is -9.92. The molecule has 612 valence electrons. The van der Waals surface area contributed by atoms with Gasteiger partial charge in [0.25, 0.3) is 0 Å². The zero-order valence-corrected chi connectivity index (χ0v) is 69.4. The Bertz CT molecular complexity index is 1980. The highest BCUT2D eigenvalue weighted by atomic mass is 31.2. The SMILES string of the molecule is CCCCCCCCCCCCCCCCCC(=O)O[C@H](COC(=O)CCCCCCCCCC)COP(=O)(O)OC[C@H](O)COP(=O)(O)OC[C@@H](COC(=O)CCCCCCCCCCCCCCCCCCC(C)C)OC(=O)CCCCCCCCCCCCCCCCCCCCC(C)C. The molecule has 0 rings (SSSR count). The van der Waals surface area contributed by atoms with Gasteiger partial charge in [0.2, 0.25) is 0 Å². The minimum atomic E-state index is -4.96. The predicted molar refractivity (Wildman–Crippen MR) is 423 cm³/mol. The lowest BCUT2D eigenvalue weighted by Crippen LogP contribution is -2.30. The van der Waals surface area contributed by atoms with Gasteiger partial charge >= 0.3 is 39.5 Å². The van der Waals surface area contributed by atoms with E-state index in [1.165, 1.54) is 257 Å². The minimum Gasteiger partial charge on any atom is -0.462 e. The second-order valence-corrected chi connectivity index (χ2v) is 34.1. The molecule has 0 aromatic carbocycles. The number of phosphoric ester groups is 2. The number of hydrogen-bond acceptors (Lipinski definition) is 15. The lowest BCUT2D eigenvalue weighted by Gasteiger charge is -2.21. The van der Waals surface area contributed by atoms with E-state index in [9.17, 15) is 43.2 Å². The summed E-state index contributed by atoms with van der Waals surface area (Å²) in [6, 6.07) is 0. The van der Waals surface area contributed by atoms with E-state index >= 15 is 0 Å². The van der Waals surface area contributed by atoms with E-state index in [0.717, 1.165) is 108 Å². The first kappa shape index (κ1) is 101. The molecule has 17 nitrogen and oxygen atoms in total. The zero-order chi connectivity index (χ0) is 75.6. The molecule has 0 aliphatic rings. The van der Waals surface area contributed by atoms with Crippen LogP contribution in [0.3, 0.4) is 0 Å². The van der Waals surface area contributed by atoms with Crippen molar-refractivity contribution >= 4 is 39.5 Å². The Morgan fingerprint density at radius 1 is 0.262 bits per heavy atom. The number of carbonyl (C=O) groups excluding carboxylic acids is 4. The van der Waals surface area contributed by atoms with Gasteiger partial charge in [0, 0.05) is 25.7 Å². The second kappa shape index (κ2) is 75.5. The third kappa shape index (κ3) is 78.0. The molecule has 0 amide bonds. The Kier molecular flexibility index (Phi) is 74.1. The van der Waals surface area contributed by atoms with E-state index in [-0.39, 0.29) is 25.7 Å². The molecule has 2 unspecified atom stereocenters. The first-order valence-electron chi connectivity index (χ1n) is 43.5. The number of carbonyl (C=O) groups is 4. The van der Waals surface area contributed by atoms with Gasteiger partial charge in [0.1, 0.15) is 19.3 Å². The van der Waals surface area contributed by atoms with Crippen molar-refractivity contribution < 1.29 is 80.2 Å². The number of phosphoric acid groups is 2. The van der Waals surface area contributed by atoms with Gasteiger partial charge in [-0.3, -0.25) is 37.3 Å². The van der Waals surface area contributed by atoms with Crippen molar-refractivity contribution in [1.82, 2.24) is 0 Å². The maximum atomic E-state index is 13.1. The summed E-state index contributed by atoms with van der Waals surface area (Å²) >= 11 is 0. The van der Waals surface area contributed by atoms with Crippen molar-refractivity contribution in [1.29, 1.82) is 0 Å². The zero-order valence-electron chi connectivity index (χ0n) is 67.6. The second-order valence-electron chi connectivity index (χ2n) is 31.2. The molecule has 0 radical (unpaired) electrons. The fourth-order valence-electron chi connectivity index (χ4n) is 13.1. The van der Waals surface area contributed by atoms with Crippen molar-refractivity contribution in [3.05, 3.63) is 0 Å². The number of ether oxygens (including phenoxy) is 4. The van der Waals surface area contributed by atoms with Crippen molar-refractivity contribution in [3.8, 4) is 0 Å². The highest BCUT2D eigenvalue weighted by Gasteiger charge is 2.30. The monoisotopic (exact) mass is 1510 g/mol. The Morgan fingerprint density at radius 3 is 0.660 bits per heavy atom. The first-order chi connectivity index (χ1) is 49.9. The summed E-state index contributed by atoms with van der Waals surface area (Å²) in [6.07, 6.45) is 66.7. The molecule has 0 heterocycles. The summed E-state index contributed by atoms with van der Waals surface area (Å²) in [5.41, 5.74) is 0. The minimum absolute atomic E-state index is 0.108. The fraction of sp³-hybridized carbons (Fsp3) is 0.952. The number of unbranched alkanes of at least 4 members (excludes halogenated alkanes) is 53. The summed E-state index contributed by atoms with van der Waals surface area (Å²) in [6.45, 7) is 9.70. The van der Waals surface area contributed by atoms with Gasteiger partial charge < -0.3 is 33.8 Å². The summed E-state index contributed by atoms with van der Waals surface area (Å²) < 4.78 is 68.7. The van der Waals surface area contributed by atoms with Gasteiger partial charge in [-0.2, -0.15) is 0 Å². The number of aliphatic hydroxyl groups is 1. The Labute approximate surface area is 632 Å². The molecule has 0 bridgehead atoms. The average molecular weight is 1510 g/mol. The van der Waals surface area contributed by atoms with Crippen molar-refractivity contribution in [2.24, 2.45) is 11.8 Å². The number of aliphatic hydroxyl groups excluding tert-OH is 1. The van der Waals surface area contributed by atoms with E-state index in [4.69, 9.17) is 37.0 Å². The standard InChI is InChI=1S/C84H164O17P2/c1-7-9-11-13-15-17-18-19-26-34-39-44-50-56-62-68-83(88)100-79(72-94-81(86)66-60-54-48-16-14-12-10-8-2)74-98-102(90,91)96-70-78(85)71-97-103(92,93)99-75-80(73-95-82(87)67-61-55-49-43-38-33-29-25-24-28-32-37-42-47-53-59-65-77(5)6)101-84(89)69-63-57-51-45-40-35-30-23-21-20-22-27-31-36-41-46-52-58-64-76(3)4/h76-80,85H,7-75H2,1-6H3,(H,90,91)(H,92,93)/t78-,79+,80+/m0/s1. The van der Waals surface area contributed by atoms with Crippen LogP contribution in [0.25, 0.3) is 0 Å². The molecule has 0 aliphatic carbocycles. The largest absolute Gasteiger partial charge is 0.472 e. The topological polar surface area (TPSA) is 237 Å². The fourth-order valence-corrected chi connectivity index (χ4v) is 14.6. The van der Waals surface area contributed by atoms with Crippen molar-refractivity contribution in [3.63, 3.8) is 0 Å². The average Bonchev–Trinajstić information content (AvgIpc) is 0.908. The Morgan fingerprint density at radius 2 is 0.447 bits per heavy atom. The van der Waals surface area contributed by atoms with Crippen molar-refractivity contribution in [2.75, 3.05) is 39.6 Å². The van der Waals surface area contributed by atoms with E-state index in [1.807, 2.05) is 0 Å². The molecule has 3 N–H and O–H groups in total. The van der Waals surface area contributed by atoms with Crippen LogP contribution in [0.15, 0.2) is 0 Å². The molecule has 0 spiro atoms. The van der Waals surface area contributed by atoms with E-state index in [0.29, 0.717) is 25.7 Å². The molecular formula is C84H164O17P2. The lowest BCUT2D eigenvalue weighted by atomic mass is 10.0. The first-order valence-corrected chi connectivity index (χ1v) is 46.5. The molecule has 0 fully saturated rings. The molecule has 0 saturated carbocycles. The van der Waals surface area contributed by atoms with Crippen LogP contribution in [0.5, 0.6) is 0 Å². The van der Waals surface area contributed by atoms with Gasteiger partial charge in [-0.05, 0) is 37.5 Å². The number of esters is 4. The quantitative estimate of drug-likeness (QED) is 0.0222. The molecule has 5 atom stereocenters. The molecule has 0 aromatic heterocycles. The van der Waals surface area contributed by atoms with Crippen molar-refractivity contribution in [2.45, 2.75) is 464 Å². The van der Waals surface area contributed by atoms with Crippen LogP contribution in [0.1, 0.15) is 446 Å². The molecule has 0 aromatic rings. The van der Waals surface area contributed by atoms with Crippen LogP contribution in [0.2, 0.25) is 0 Å². The summed E-state index contributed by atoms with van der Waals surface area (Å²) in [5.74, 6) is -0.473. The van der Waals surface area contributed by atoms with Crippen LogP contribution in [-0.4, -0.2) is 96.7 Å². The normalized spacial score (nSPS) is 13.9. The molecule has 103 heavy (non-hydrogen) atoms. The Hall–Kier alpha value is -1.94. The third-order valence-corrected chi connectivity index (χ3v) is 21.6. The lowest BCUT2D eigenvalue weighted by molar-refractivity contribution is -0.161. The summed E-state index contributed by atoms with van der Waals surface area (Å²) in [4.78, 5) is 73.0. The predicted octanol–water partition coefficient (Wildman–Crippen LogP) is 25.5. The van der Waals surface area contributed by atoms with E-state index in [1.54, 1.807) is 0 Å². The highest BCUT2D eigenvalue weighted by molar-refractivity contribution is 7.47. The summed E-state index contributed by atoms with van der Waals surface area (Å²) in [5, 5.41) is 10.6. The van der Waals surface area contributed by atoms with Crippen LogP contribution in [0.4, 0.5) is 0 Å². The van der Waals surface area contributed by atoms with Gasteiger partial charge in [-0.15, -0.1) is 0 Å². The van der Waals surface area contributed by atoms with E-state index in [2.05, 4.69) is 41.5 Å². The number of hydrogen-bond donors (Lipinski definition) is 3. The van der Waals surface area contributed by atoms with E-state index < -0.39 is 97.5 Å². The molecule has 0 aliphatic heterocycles. The smallest absolute Gasteiger partial charge is 0.462 e. The van der Waals surface area contributed by atoms with Crippen LogP contribution in [0, 0.1) is 11.8 Å². The Balaban J connectivity index is 5.19. The van der Waals surface area contributed by atoms with Crippen LogP contribution >= 0.6 is 15.6 Å². The number of rotatable bonds is 83. The van der Waals surface area contributed by atoms with Gasteiger partial charge in [0.15, 0.2) is 12.2 Å². The third-order valence-electron chi connectivity index (χ3n) is 19.7. The highest BCUT2D eigenvalue weighted by Crippen LogP contribution is 2.45. The molecular weight excluding hydrogens is 1340 g/mol. The van der Waals surface area contributed by atoms with Crippen LogP contribution < -0.4 is 0 Å². The van der Waals surface area contributed by atoms with Crippen LogP contribution in [-0.2, 0) is 65.4 Å². The maximum absolute atomic E-state index is 13.1. The van der Waals surface area contributed by atoms with Gasteiger partial charge in [-0.25, -0.2) is 9.13 Å². The van der Waals surface area contributed by atoms with Gasteiger partial charge in [0.05, 0.1) is 26.4 Å². The molecule has 0 saturated heterocycles. The van der Waals surface area contributed by atoms with Gasteiger partial charge in [-0.1, -0.05) is 395 Å². The maximum Gasteiger partial charge on any atom is 0.472 e.